The minimum absolute atomic E-state index is 0.132. The summed E-state index contributed by atoms with van der Waals surface area (Å²) in [5.41, 5.74) is 6.55. The quantitative estimate of drug-likeness (QED) is 0.867. The first kappa shape index (κ1) is 14.9. The van der Waals surface area contributed by atoms with Crippen LogP contribution in [0, 0.1) is 0 Å². The fraction of sp³-hybridized carbons (Fsp3) is 0.562. The molecule has 0 saturated heterocycles. The smallest absolute Gasteiger partial charge is 0.236 e. The maximum atomic E-state index is 11.4. The van der Waals surface area contributed by atoms with Gasteiger partial charge in [-0.2, -0.15) is 0 Å². The first-order valence-corrected chi connectivity index (χ1v) is 7.44. The van der Waals surface area contributed by atoms with Gasteiger partial charge in [0.05, 0.1) is 12.1 Å². The van der Waals surface area contributed by atoms with Gasteiger partial charge in [0, 0.05) is 6.54 Å². The third-order valence-electron chi connectivity index (χ3n) is 3.66. The molecule has 1 amide bonds. The third-order valence-corrected chi connectivity index (χ3v) is 3.66. The largest absolute Gasteiger partial charge is 0.490 e. The zero-order valence-corrected chi connectivity index (χ0v) is 12.1. The molecule has 1 atom stereocenters. The summed E-state index contributed by atoms with van der Waals surface area (Å²) in [6.07, 6.45) is 6.56. The summed E-state index contributed by atoms with van der Waals surface area (Å²) < 4.78 is 5.97. The average molecular weight is 276 g/mol. The fourth-order valence-electron chi connectivity index (χ4n) is 2.41. The second-order valence-corrected chi connectivity index (χ2v) is 5.53. The zero-order chi connectivity index (χ0) is 14.4. The molecule has 1 aromatic carbocycles. The number of carbonyl (C=O) groups excluding carboxylic acids is 1. The van der Waals surface area contributed by atoms with Crippen molar-refractivity contribution >= 4 is 5.91 Å². The van der Waals surface area contributed by atoms with Crippen LogP contribution in [0.15, 0.2) is 24.3 Å². The Morgan fingerprint density at radius 1 is 1.30 bits per heavy atom. The van der Waals surface area contributed by atoms with Gasteiger partial charge in [-0.05, 0) is 50.3 Å². The molecule has 0 heterocycles. The van der Waals surface area contributed by atoms with E-state index in [4.69, 9.17) is 10.5 Å². The van der Waals surface area contributed by atoms with Crippen LogP contribution in [-0.2, 0) is 11.3 Å². The molecular weight excluding hydrogens is 252 g/mol. The summed E-state index contributed by atoms with van der Waals surface area (Å²) in [7, 11) is 0. The van der Waals surface area contributed by atoms with Crippen LogP contribution in [0.4, 0.5) is 0 Å². The van der Waals surface area contributed by atoms with E-state index >= 15 is 0 Å². The van der Waals surface area contributed by atoms with Gasteiger partial charge in [0.15, 0.2) is 0 Å². The van der Waals surface area contributed by atoms with Crippen molar-refractivity contribution in [1.29, 1.82) is 0 Å². The van der Waals surface area contributed by atoms with Crippen LogP contribution in [0.3, 0.4) is 0 Å². The molecule has 1 aliphatic rings. The van der Waals surface area contributed by atoms with Gasteiger partial charge in [0.25, 0.3) is 0 Å². The molecule has 2 rings (SSSR count). The van der Waals surface area contributed by atoms with Crippen molar-refractivity contribution in [3.63, 3.8) is 0 Å². The highest BCUT2D eigenvalue weighted by Gasteiger charge is 2.14. The van der Waals surface area contributed by atoms with Crippen LogP contribution in [0.1, 0.15) is 44.6 Å². The number of carbonyl (C=O) groups is 1. The van der Waals surface area contributed by atoms with Crippen LogP contribution in [0.2, 0.25) is 0 Å². The van der Waals surface area contributed by atoms with Gasteiger partial charge in [-0.15, -0.1) is 0 Å². The number of ether oxygens (including phenoxy) is 1. The monoisotopic (exact) mass is 276 g/mol. The highest BCUT2D eigenvalue weighted by atomic mass is 16.5. The van der Waals surface area contributed by atoms with Crippen molar-refractivity contribution in [3.8, 4) is 5.75 Å². The van der Waals surface area contributed by atoms with Gasteiger partial charge in [-0.3, -0.25) is 4.79 Å². The second-order valence-electron chi connectivity index (χ2n) is 5.53. The fourth-order valence-corrected chi connectivity index (χ4v) is 2.41. The Kier molecular flexibility index (Phi) is 5.41. The molecule has 0 unspecified atom stereocenters. The summed E-state index contributed by atoms with van der Waals surface area (Å²) in [4.78, 5) is 11.4. The number of benzene rings is 1. The predicted molar refractivity (Wildman–Crippen MR) is 79.4 cm³/mol. The minimum atomic E-state index is -0.469. The second kappa shape index (κ2) is 7.29. The summed E-state index contributed by atoms with van der Waals surface area (Å²) in [5, 5.41) is 2.79. The lowest BCUT2D eigenvalue weighted by molar-refractivity contribution is -0.122. The Labute approximate surface area is 120 Å². The van der Waals surface area contributed by atoms with Crippen LogP contribution in [-0.4, -0.2) is 18.1 Å². The lowest BCUT2D eigenvalue weighted by Gasteiger charge is -2.23. The Morgan fingerprint density at radius 2 is 1.95 bits per heavy atom. The maximum Gasteiger partial charge on any atom is 0.236 e. The molecule has 0 aromatic heterocycles. The molecule has 1 fully saturated rings. The molecule has 110 valence electrons. The molecule has 4 heteroatoms. The molecule has 1 saturated carbocycles. The minimum Gasteiger partial charge on any atom is -0.490 e. The third kappa shape index (κ3) is 4.53. The normalized spacial score (nSPS) is 17.5. The summed E-state index contributed by atoms with van der Waals surface area (Å²) in [6, 6.07) is 7.45. The van der Waals surface area contributed by atoms with Crippen molar-refractivity contribution in [2.75, 3.05) is 0 Å². The van der Waals surface area contributed by atoms with Crippen molar-refractivity contribution in [2.45, 2.75) is 57.7 Å². The summed E-state index contributed by atoms with van der Waals surface area (Å²) in [6.45, 7) is 2.18. The van der Waals surface area contributed by atoms with Crippen LogP contribution < -0.4 is 15.8 Å². The predicted octanol–water partition coefficient (Wildman–Crippen LogP) is 2.36. The van der Waals surface area contributed by atoms with E-state index in [1.165, 1.54) is 19.3 Å². The highest BCUT2D eigenvalue weighted by Crippen LogP contribution is 2.23. The summed E-state index contributed by atoms with van der Waals surface area (Å²) >= 11 is 0. The van der Waals surface area contributed by atoms with E-state index in [0.29, 0.717) is 12.6 Å². The van der Waals surface area contributed by atoms with E-state index in [9.17, 15) is 4.79 Å². The lowest BCUT2D eigenvalue weighted by Crippen LogP contribution is -2.37. The van der Waals surface area contributed by atoms with Gasteiger partial charge in [-0.1, -0.05) is 18.6 Å². The number of hydrogen-bond acceptors (Lipinski definition) is 3. The molecule has 4 nitrogen and oxygen atoms in total. The molecule has 1 aromatic rings. The van der Waals surface area contributed by atoms with Gasteiger partial charge in [-0.25, -0.2) is 0 Å². The first-order chi connectivity index (χ1) is 9.65. The van der Waals surface area contributed by atoms with E-state index in [0.717, 1.165) is 24.2 Å². The van der Waals surface area contributed by atoms with Crippen molar-refractivity contribution in [2.24, 2.45) is 5.73 Å². The Morgan fingerprint density at radius 3 is 2.55 bits per heavy atom. The number of rotatable bonds is 5. The molecule has 0 aliphatic heterocycles. The maximum absolute atomic E-state index is 11.4. The van der Waals surface area contributed by atoms with E-state index in [1.807, 2.05) is 24.3 Å². The summed E-state index contributed by atoms with van der Waals surface area (Å²) in [5.74, 6) is 0.784. The van der Waals surface area contributed by atoms with Crippen molar-refractivity contribution in [3.05, 3.63) is 29.8 Å². The molecule has 0 radical (unpaired) electrons. The van der Waals surface area contributed by atoms with Gasteiger partial charge in [0.2, 0.25) is 5.91 Å². The van der Waals surface area contributed by atoms with Crippen LogP contribution in [0.5, 0.6) is 5.75 Å². The molecular formula is C16H24N2O2. The molecule has 1 aliphatic carbocycles. The van der Waals surface area contributed by atoms with Gasteiger partial charge < -0.3 is 15.8 Å². The average Bonchev–Trinajstić information content (AvgIpc) is 2.47. The number of nitrogens with two attached hydrogens (primary N) is 1. The zero-order valence-electron chi connectivity index (χ0n) is 12.1. The molecule has 0 spiro atoms. The van der Waals surface area contributed by atoms with Gasteiger partial charge in [0.1, 0.15) is 5.75 Å². The van der Waals surface area contributed by atoms with E-state index < -0.39 is 6.04 Å². The highest BCUT2D eigenvalue weighted by molar-refractivity contribution is 5.80. The number of hydrogen-bond donors (Lipinski definition) is 2. The number of nitrogens with one attached hydrogen (secondary N) is 1. The van der Waals surface area contributed by atoms with E-state index in [1.54, 1.807) is 6.92 Å². The SMILES string of the molecule is C[C@H](N)C(=O)NCc1ccc(OC2CCCCC2)cc1. The topological polar surface area (TPSA) is 64.4 Å². The Hall–Kier alpha value is -1.55. The Balaban J connectivity index is 1.81. The van der Waals surface area contributed by atoms with Crippen molar-refractivity contribution < 1.29 is 9.53 Å². The molecule has 20 heavy (non-hydrogen) atoms. The van der Waals surface area contributed by atoms with Crippen LogP contribution in [0.25, 0.3) is 0 Å². The number of amides is 1. The molecule has 3 N–H and O–H groups in total. The first-order valence-electron chi connectivity index (χ1n) is 7.44. The van der Waals surface area contributed by atoms with E-state index in [-0.39, 0.29) is 5.91 Å². The van der Waals surface area contributed by atoms with Crippen LogP contribution >= 0.6 is 0 Å². The van der Waals surface area contributed by atoms with Crippen molar-refractivity contribution in [1.82, 2.24) is 5.32 Å². The van der Waals surface area contributed by atoms with Gasteiger partial charge >= 0.3 is 0 Å². The van der Waals surface area contributed by atoms with E-state index in [2.05, 4.69) is 5.32 Å². The Bertz CT molecular complexity index is 423. The standard InChI is InChI=1S/C16H24N2O2/c1-12(17)16(19)18-11-13-7-9-15(10-8-13)20-14-5-3-2-4-6-14/h7-10,12,14H,2-6,11,17H2,1H3,(H,18,19)/t12-/m0/s1. The lowest BCUT2D eigenvalue weighted by atomic mass is 9.98. The molecule has 0 bridgehead atoms.